The van der Waals surface area contributed by atoms with Crippen LogP contribution in [0.1, 0.15) is 77.0 Å². The minimum Gasteiger partial charge on any atom is -0.508 e. The van der Waals surface area contributed by atoms with E-state index in [-0.39, 0.29) is 10.8 Å². The summed E-state index contributed by atoms with van der Waals surface area (Å²) in [6.45, 7) is 13.6. The SMILES string of the molecule is CCC(C)c1cc2c(cc1O)C(C)(C)CC2(C)C. The maximum atomic E-state index is 10.3. The average Bonchev–Trinajstić information content (AvgIpc) is 2.42. The normalized spacial score (nSPS) is 21.7. The van der Waals surface area contributed by atoms with Gasteiger partial charge in [0.2, 0.25) is 0 Å². The van der Waals surface area contributed by atoms with Gasteiger partial charge in [-0.3, -0.25) is 0 Å². The van der Waals surface area contributed by atoms with E-state index in [2.05, 4.69) is 47.6 Å². The largest absolute Gasteiger partial charge is 0.508 e. The number of hydrogen-bond acceptors (Lipinski definition) is 1. The van der Waals surface area contributed by atoms with Crippen molar-refractivity contribution in [2.45, 2.75) is 71.1 Å². The van der Waals surface area contributed by atoms with Crippen molar-refractivity contribution < 1.29 is 5.11 Å². The quantitative estimate of drug-likeness (QED) is 0.789. The second-order valence-corrected chi connectivity index (χ2v) is 7.21. The van der Waals surface area contributed by atoms with Crippen molar-refractivity contribution in [3.05, 3.63) is 28.8 Å². The third-order valence-electron chi connectivity index (χ3n) is 4.65. The van der Waals surface area contributed by atoms with Crippen LogP contribution in [0.5, 0.6) is 5.75 Å². The van der Waals surface area contributed by atoms with Crippen LogP contribution >= 0.6 is 0 Å². The zero-order chi connectivity index (χ0) is 13.7. The van der Waals surface area contributed by atoms with Crippen LogP contribution in [0.3, 0.4) is 0 Å². The van der Waals surface area contributed by atoms with Gasteiger partial charge in [-0.25, -0.2) is 0 Å². The lowest BCUT2D eigenvalue weighted by molar-refractivity contribution is 0.402. The van der Waals surface area contributed by atoms with Crippen LogP contribution in [0.2, 0.25) is 0 Å². The predicted molar refractivity (Wildman–Crippen MR) is 77.5 cm³/mol. The number of phenolic OH excluding ortho intramolecular Hbond substituents is 1. The Morgan fingerprint density at radius 3 is 2.11 bits per heavy atom. The highest BCUT2D eigenvalue weighted by atomic mass is 16.3. The zero-order valence-corrected chi connectivity index (χ0v) is 12.6. The van der Waals surface area contributed by atoms with Crippen LogP contribution in [0.4, 0.5) is 0 Å². The van der Waals surface area contributed by atoms with Crippen LogP contribution in [-0.4, -0.2) is 5.11 Å². The van der Waals surface area contributed by atoms with Crippen molar-refractivity contribution in [2.75, 3.05) is 0 Å². The minimum atomic E-state index is 0.171. The smallest absolute Gasteiger partial charge is 0.119 e. The number of fused-ring (bicyclic) bond motifs is 1. The molecule has 18 heavy (non-hydrogen) atoms. The molecule has 0 saturated carbocycles. The van der Waals surface area contributed by atoms with Crippen molar-refractivity contribution in [3.63, 3.8) is 0 Å². The molecule has 0 bridgehead atoms. The number of rotatable bonds is 2. The number of phenols is 1. The molecule has 1 unspecified atom stereocenters. The Labute approximate surface area is 111 Å². The summed E-state index contributed by atoms with van der Waals surface area (Å²) in [6, 6.07) is 4.28. The fourth-order valence-corrected chi connectivity index (χ4v) is 3.63. The van der Waals surface area contributed by atoms with Crippen molar-refractivity contribution in [1.29, 1.82) is 0 Å². The van der Waals surface area contributed by atoms with Crippen LogP contribution in [0, 0.1) is 0 Å². The maximum Gasteiger partial charge on any atom is 0.119 e. The third-order valence-corrected chi connectivity index (χ3v) is 4.65. The number of benzene rings is 1. The molecular weight excluding hydrogens is 220 g/mol. The molecule has 1 N–H and O–H groups in total. The molecule has 1 aliphatic carbocycles. The Morgan fingerprint density at radius 1 is 1.11 bits per heavy atom. The standard InChI is InChI=1S/C17H26O/c1-7-11(2)12-8-13-14(9-15(12)18)17(5,6)10-16(13,3)4/h8-9,11,18H,7,10H2,1-6H3. The molecular formula is C17H26O. The van der Waals surface area contributed by atoms with Crippen molar-refractivity contribution >= 4 is 0 Å². The topological polar surface area (TPSA) is 20.2 Å². The Kier molecular flexibility index (Phi) is 3.00. The van der Waals surface area contributed by atoms with Gasteiger partial charge >= 0.3 is 0 Å². The van der Waals surface area contributed by atoms with Gasteiger partial charge in [0.05, 0.1) is 0 Å². The molecule has 1 atom stereocenters. The van der Waals surface area contributed by atoms with Crippen LogP contribution in [-0.2, 0) is 10.8 Å². The Hall–Kier alpha value is -0.980. The highest BCUT2D eigenvalue weighted by molar-refractivity contribution is 5.52. The summed E-state index contributed by atoms with van der Waals surface area (Å²) in [5.74, 6) is 0.906. The summed E-state index contributed by atoms with van der Waals surface area (Å²) in [7, 11) is 0. The van der Waals surface area contributed by atoms with Gasteiger partial charge in [0, 0.05) is 0 Å². The molecule has 1 heteroatoms. The number of aromatic hydroxyl groups is 1. The van der Waals surface area contributed by atoms with Crippen molar-refractivity contribution in [1.82, 2.24) is 0 Å². The molecule has 1 nitrogen and oxygen atoms in total. The second kappa shape index (κ2) is 4.01. The molecule has 0 amide bonds. The molecule has 0 spiro atoms. The van der Waals surface area contributed by atoms with Crippen LogP contribution in [0.15, 0.2) is 12.1 Å². The minimum absolute atomic E-state index is 0.171. The molecule has 0 heterocycles. The van der Waals surface area contributed by atoms with Gasteiger partial charge in [-0.05, 0) is 52.3 Å². The first-order chi connectivity index (χ1) is 8.19. The Morgan fingerprint density at radius 2 is 1.61 bits per heavy atom. The zero-order valence-electron chi connectivity index (χ0n) is 12.6. The summed E-state index contributed by atoms with van der Waals surface area (Å²) >= 11 is 0. The van der Waals surface area contributed by atoms with Crippen molar-refractivity contribution in [2.24, 2.45) is 0 Å². The summed E-state index contributed by atoms with van der Waals surface area (Å²) in [5, 5.41) is 10.3. The third kappa shape index (κ3) is 1.94. The van der Waals surface area contributed by atoms with E-state index < -0.39 is 0 Å². The van der Waals surface area contributed by atoms with E-state index in [0.29, 0.717) is 11.7 Å². The first kappa shape index (κ1) is 13.5. The maximum absolute atomic E-state index is 10.3. The molecule has 0 aromatic heterocycles. The molecule has 0 fully saturated rings. The summed E-state index contributed by atoms with van der Waals surface area (Å²) < 4.78 is 0. The molecule has 0 radical (unpaired) electrons. The monoisotopic (exact) mass is 246 g/mol. The van der Waals surface area contributed by atoms with Gasteiger partial charge < -0.3 is 5.11 Å². The molecule has 2 rings (SSSR count). The predicted octanol–water partition coefficient (Wildman–Crippen LogP) is 4.86. The van der Waals surface area contributed by atoms with E-state index in [4.69, 9.17) is 0 Å². The Balaban J connectivity index is 2.63. The van der Waals surface area contributed by atoms with Gasteiger partial charge in [0.15, 0.2) is 0 Å². The molecule has 1 aromatic carbocycles. The average molecular weight is 246 g/mol. The fourth-order valence-electron chi connectivity index (χ4n) is 3.63. The molecule has 1 aromatic rings. The summed E-state index contributed by atoms with van der Waals surface area (Å²) in [4.78, 5) is 0. The van der Waals surface area contributed by atoms with Crippen LogP contribution < -0.4 is 0 Å². The highest BCUT2D eigenvalue weighted by Gasteiger charge is 2.42. The first-order valence-electron chi connectivity index (χ1n) is 7.07. The van der Waals surface area contributed by atoms with E-state index in [9.17, 15) is 5.11 Å². The van der Waals surface area contributed by atoms with Gasteiger partial charge in [-0.2, -0.15) is 0 Å². The summed E-state index contributed by atoms with van der Waals surface area (Å²) in [6.07, 6.45) is 2.22. The lowest BCUT2D eigenvalue weighted by Crippen LogP contribution is -2.18. The second-order valence-electron chi connectivity index (χ2n) is 7.21. The molecule has 0 aliphatic heterocycles. The number of hydrogen-bond donors (Lipinski definition) is 1. The van der Waals surface area contributed by atoms with Gasteiger partial charge in [0.25, 0.3) is 0 Å². The van der Waals surface area contributed by atoms with Crippen molar-refractivity contribution in [3.8, 4) is 5.75 Å². The highest BCUT2D eigenvalue weighted by Crippen LogP contribution is 2.51. The first-order valence-corrected chi connectivity index (χ1v) is 7.07. The molecule has 1 aliphatic rings. The van der Waals surface area contributed by atoms with Crippen LogP contribution in [0.25, 0.3) is 0 Å². The van der Waals surface area contributed by atoms with Gasteiger partial charge in [-0.15, -0.1) is 0 Å². The lowest BCUT2D eigenvalue weighted by Gasteiger charge is -2.22. The molecule has 100 valence electrons. The van der Waals surface area contributed by atoms with Gasteiger partial charge in [0.1, 0.15) is 5.75 Å². The van der Waals surface area contributed by atoms with E-state index in [1.807, 2.05) is 6.07 Å². The van der Waals surface area contributed by atoms with E-state index >= 15 is 0 Å². The van der Waals surface area contributed by atoms with E-state index in [1.165, 1.54) is 11.1 Å². The fraction of sp³-hybridized carbons (Fsp3) is 0.647. The molecule has 0 saturated heterocycles. The van der Waals surface area contributed by atoms with E-state index in [0.717, 1.165) is 18.4 Å². The van der Waals surface area contributed by atoms with E-state index in [1.54, 1.807) is 0 Å². The summed E-state index contributed by atoms with van der Waals surface area (Å²) in [5.41, 5.74) is 4.26. The van der Waals surface area contributed by atoms with Gasteiger partial charge in [-0.1, -0.05) is 47.6 Å². The lowest BCUT2D eigenvalue weighted by atomic mass is 9.82. The Bertz CT molecular complexity index is 469.